The maximum absolute atomic E-state index is 13.3. The molecule has 16 heteroatoms. The van der Waals surface area contributed by atoms with E-state index in [9.17, 15) is 33.9 Å². The number of aliphatic hydroxyl groups excluding tert-OH is 1. The van der Waals surface area contributed by atoms with Crippen LogP contribution in [0.5, 0.6) is 0 Å². The van der Waals surface area contributed by atoms with E-state index in [2.05, 4.69) is 62.6 Å². The molecule has 2 unspecified atom stereocenters. The van der Waals surface area contributed by atoms with E-state index in [1.165, 1.54) is 18.1 Å². The first-order chi connectivity index (χ1) is 38.9. The van der Waals surface area contributed by atoms with Gasteiger partial charge in [-0.25, -0.2) is 4.79 Å². The highest BCUT2D eigenvalue weighted by Gasteiger charge is 2.41. The lowest BCUT2D eigenvalue weighted by Gasteiger charge is -2.34. The molecule has 3 rings (SSSR count). The lowest BCUT2D eigenvalue weighted by atomic mass is 9.76. The number of nitrogens with two attached hydrogens (primary N) is 2. The molecule has 1 aliphatic heterocycles. The average Bonchev–Trinajstić information content (AvgIpc) is 3.87. The Bertz CT molecular complexity index is 2160. The number of rotatable bonds is 40. The normalized spacial score (nSPS) is 20.6. The van der Waals surface area contributed by atoms with Crippen LogP contribution in [0.3, 0.4) is 0 Å². The number of allylic oxidation sites excluding steroid dienone is 6. The lowest BCUT2D eigenvalue weighted by Crippen LogP contribution is -2.46. The van der Waals surface area contributed by atoms with Crippen molar-refractivity contribution in [3.8, 4) is 0 Å². The van der Waals surface area contributed by atoms with Crippen LogP contribution >= 0.6 is 0 Å². The number of hydrogen-bond donors (Lipinski definition) is 5. The summed E-state index contributed by atoms with van der Waals surface area (Å²) in [5.41, 5.74) is 12.2. The van der Waals surface area contributed by atoms with Gasteiger partial charge in [0.25, 0.3) is 0 Å². The molecule has 0 radical (unpaired) electrons. The maximum atomic E-state index is 13.3. The van der Waals surface area contributed by atoms with E-state index in [0.717, 1.165) is 95.4 Å². The van der Waals surface area contributed by atoms with E-state index in [-0.39, 0.29) is 78.5 Å². The lowest BCUT2D eigenvalue weighted by molar-refractivity contribution is -0.130. The average molecular weight is 1170 g/mol. The van der Waals surface area contributed by atoms with Gasteiger partial charge in [-0.05, 0) is 173 Å². The van der Waals surface area contributed by atoms with Crippen LogP contribution in [-0.4, -0.2) is 106 Å². The van der Waals surface area contributed by atoms with E-state index >= 15 is 0 Å². The number of amides is 4. The molecule has 16 nitrogen and oxygen atoms in total. The Morgan fingerprint density at radius 3 is 1.49 bits per heavy atom. The van der Waals surface area contributed by atoms with Crippen LogP contribution in [-0.2, 0) is 47.7 Å². The molecule has 4 amide bonds. The van der Waals surface area contributed by atoms with Gasteiger partial charge in [0, 0.05) is 69.9 Å². The second-order valence-corrected chi connectivity index (χ2v) is 27.0. The molecular weight excluding hydrogens is 1050 g/mol. The number of ketones is 2. The molecule has 1 heterocycles. The van der Waals surface area contributed by atoms with E-state index in [1.54, 1.807) is 56.1 Å². The van der Waals surface area contributed by atoms with Crippen molar-refractivity contribution in [3.05, 3.63) is 47.0 Å². The number of methoxy groups -OCH3 is 4. The zero-order chi connectivity index (χ0) is 62.8. The minimum absolute atomic E-state index is 0.0131. The summed E-state index contributed by atoms with van der Waals surface area (Å²) < 4.78 is 27.5. The van der Waals surface area contributed by atoms with Crippen molar-refractivity contribution in [2.24, 2.45) is 81.5 Å². The van der Waals surface area contributed by atoms with Gasteiger partial charge in [0.15, 0.2) is 0 Å². The fraction of sp³-hybridized carbons (Fsp3) is 0.791. The Morgan fingerprint density at radius 1 is 0.651 bits per heavy atom. The standard InChI is InChI=1S/C34H60N2O6.C33H56N2O6/c1-22(2)27(19-25-13-14-32(42-9)26(18-25)12-10-11-17-41-8)20-29(36-24(5)37)31(39)21-28(23(3)4)30(38)15-16-34(6,7)33(35)40;1-21(2)25(18-23-12-13-29(40-8)24(17-23)11-9-10-16-39-7)19-27-30(41-32(38)35-27)20-26(22(3)4)28(36)14-15-33(5,6)31(34)37/h13-14,22-23,25,27-29,31,39H,10-12,15-21H2,1-9H3,(H2,35,40)(H,36,37);12-13,21-23,25-27,30H,9-11,14-20H2,1-8H3,(H2,34,37)(H,35,38)/t25?,27-,28-,29-,31-;23?,25-,26-,27-,30-/m00/s1. The first kappa shape index (κ1) is 74.6. The molecular formula is C67H116N4O12. The van der Waals surface area contributed by atoms with E-state index in [0.29, 0.717) is 55.3 Å². The van der Waals surface area contributed by atoms with Crippen molar-refractivity contribution in [1.82, 2.24) is 10.6 Å². The van der Waals surface area contributed by atoms with Gasteiger partial charge < -0.3 is 50.9 Å². The first-order valence-electron chi connectivity index (χ1n) is 31.3. The van der Waals surface area contributed by atoms with E-state index < -0.39 is 40.9 Å². The van der Waals surface area contributed by atoms with Gasteiger partial charge in [0.05, 0.1) is 32.4 Å². The second kappa shape index (κ2) is 37.1. The highest BCUT2D eigenvalue weighted by atomic mass is 16.6. The maximum Gasteiger partial charge on any atom is 0.407 e. The van der Waals surface area contributed by atoms with Crippen molar-refractivity contribution in [2.75, 3.05) is 41.7 Å². The number of cyclic esters (lactones) is 1. The highest BCUT2D eigenvalue weighted by Crippen LogP contribution is 2.39. The van der Waals surface area contributed by atoms with Crippen LogP contribution in [0.25, 0.3) is 0 Å². The van der Waals surface area contributed by atoms with Gasteiger partial charge >= 0.3 is 6.09 Å². The molecule has 476 valence electrons. The number of aliphatic hydroxyl groups is 1. The van der Waals surface area contributed by atoms with Crippen LogP contribution in [0.2, 0.25) is 0 Å². The second-order valence-electron chi connectivity index (χ2n) is 27.0. The third-order valence-corrected chi connectivity index (χ3v) is 18.2. The fourth-order valence-electron chi connectivity index (χ4n) is 11.9. The molecule has 3 aliphatic rings. The number of ether oxygens (including phenoxy) is 5. The zero-order valence-electron chi connectivity index (χ0n) is 54.6. The number of primary amides is 2. The molecule has 0 bridgehead atoms. The van der Waals surface area contributed by atoms with Crippen LogP contribution in [0.1, 0.15) is 206 Å². The van der Waals surface area contributed by atoms with Gasteiger partial charge in [0.2, 0.25) is 17.7 Å². The third kappa shape index (κ3) is 26.3. The largest absolute Gasteiger partial charge is 0.497 e. The van der Waals surface area contributed by atoms with Crippen LogP contribution in [0.15, 0.2) is 47.0 Å². The van der Waals surface area contributed by atoms with Crippen molar-refractivity contribution in [3.63, 3.8) is 0 Å². The van der Waals surface area contributed by atoms with Gasteiger partial charge in [-0.15, -0.1) is 0 Å². The van der Waals surface area contributed by atoms with Crippen LogP contribution in [0, 0.1) is 70.0 Å². The summed E-state index contributed by atoms with van der Waals surface area (Å²) in [6.45, 7) is 26.9. The molecule has 1 fully saturated rings. The fourth-order valence-corrected chi connectivity index (χ4v) is 11.9. The van der Waals surface area contributed by atoms with Crippen LogP contribution < -0.4 is 22.1 Å². The van der Waals surface area contributed by atoms with Crippen molar-refractivity contribution in [1.29, 1.82) is 0 Å². The zero-order valence-corrected chi connectivity index (χ0v) is 54.6. The Hall–Kier alpha value is -4.54. The summed E-state index contributed by atoms with van der Waals surface area (Å²) in [6.07, 6.45) is 20.6. The molecule has 7 N–H and O–H groups in total. The summed E-state index contributed by atoms with van der Waals surface area (Å²) in [6, 6.07) is -0.602. The molecule has 0 spiro atoms. The van der Waals surface area contributed by atoms with E-state index in [1.807, 2.05) is 27.7 Å². The van der Waals surface area contributed by atoms with Crippen molar-refractivity contribution in [2.45, 2.75) is 230 Å². The van der Waals surface area contributed by atoms with Gasteiger partial charge in [-0.3, -0.25) is 24.0 Å². The number of nitrogens with one attached hydrogen (secondary N) is 2. The Kier molecular flexibility index (Phi) is 33.3. The molecule has 0 aromatic heterocycles. The molecule has 2 aliphatic carbocycles. The summed E-state index contributed by atoms with van der Waals surface area (Å²) in [7, 11) is 6.92. The topological polar surface area (TPSA) is 245 Å². The first-order valence-corrected chi connectivity index (χ1v) is 31.3. The minimum Gasteiger partial charge on any atom is -0.497 e. The Labute approximate surface area is 501 Å². The molecule has 0 saturated carbocycles. The number of unbranched alkanes of at least 4 members (excludes halogenated alkanes) is 2. The Morgan fingerprint density at radius 2 is 1.10 bits per heavy atom. The monoisotopic (exact) mass is 1170 g/mol. The predicted molar refractivity (Wildman–Crippen MR) is 330 cm³/mol. The number of carbonyl (C=O) groups is 6. The summed E-state index contributed by atoms with van der Waals surface area (Å²) in [5, 5.41) is 17.5. The SMILES string of the molecule is COCCCCC1=C(OC)C=CC(C[C@@H](C[C@@H]2NC(=O)O[C@H]2C[C@H](C(=O)CCC(C)(C)C(N)=O)C(C)C)C(C)C)C1.COCCCCC1=C(OC)C=CC(C[C@@H](C[C@H](NC(C)=O)[C@@H](O)C[C@H](C(=O)CCC(C)(C)C(N)=O)C(C)C)C(C)C)C1. The third-order valence-electron chi connectivity index (χ3n) is 18.2. The quantitative estimate of drug-likeness (QED) is 0.0360. The van der Waals surface area contributed by atoms with Gasteiger partial charge in [-0.2, -0.15) is 0 Å². The van der Waals surface area contributed by atoms with Crippen LogP contribution in [0.4, 0.5) is 4.79 Å². The summed E-state index contributed by atoms with van der Waals surface area (Å²) in [5.74, 6) is 2.69. The van der Waals surface area contributed by atoms with Gasteiger partial charge in [-0.1, -0.05) is 95.2 Å². The van der Waals surface area contributed by atoms with Crippen molar-refractivity contribution >= 4 is 35.4 Å². The number of hydrogen-bond acceptors (Lipinski definition) is 12. The predicted octanol–water partition coefficient (Wildman–Crippen LogP) is 12.1. The molecule has 83 heavy (non-hydrogen) atoms. The number of Topliss-reactive ketones (excluding diaryl/α,β-unsaturated/α-hetero) is 2. The summed E-state index contributed by atoms with van der Waals surface area (Å²) in [4.78, 5) is 74.6. The van der Waals surface area contributed by atoms with E-state index in [4.69, 9.17) is 35.2 Å². The molecule has 10 atom stereocenters. The van der Waals surface area contributed by atoms with Gasteiger partial charge in [0.1, 0.15) is 29.2 Å². The smallest absolute Gasteiger partial charge is 0.407 e. The minimum atomic E-state index is -0.867. The number of alkyl carbamates (subject to hydrolysis) is 1. The molecule has 1 saturated heterocycles. The molecule has 0 aromatic carbocycles. The summed E-state index contributed by atoms with van der Waals surface area (Å²) >= 11 is 0. The molecule has 0 aromatic rings. The Balaban J connectivity index is 0.000000567. The highest BCUT2D eigenvalue weighted by molar-refractivity contribution is 5.85. The van der Waals surface area contributed by atoms with Crippen molar-refractivity contribution < 1.29 is 57.6 Å². The number of carbonyl (C=O) groups excluding carboxylic acids is 6.